The maximum atomic E-state index is 13.3. The summed E-state index contributed by atoms with van der Waals surface area (Å²) in [6.45, 7) is 5.35. The van der Waals surface area contributed by atoms with Crippen LogP contribution in [0.15, 0.2) is 72.8 Å². The average molecular weight is 573 g/mol. The minimum atomic E-state index is -1.04. The quantitative estimate of drug-likeness (QED) is 0.229. The van der Waals surface area contributed by atoms with E-state index in [4.69, 9.17) is 33.7 Å². The molecule has 0 aliphatic rings. The second-order valence-corrected chi connectivity index (χ2v) is 11.2. The smallest absolute Gasteiger partial charge is 0.407 e. The van der Waals surface area contributed by atoms with E-state index in [-0.39, 0.29) is 27.7 Å². The predicted octanol–water partition coefficient (Wildman–Crippen LogP) is 5.80. The monoisotopic (exact) mass is 571 g/mol. The summed E-state index contributed by atoms with van der Waals surface area (Å²) in [5.41, 5.74) is 7.36. The minimum Gasteiger partial charge on any atom is -0.444 e. The highest BCUT2D eigenvalue weighted by atomic mass is 35.5. The maximum Gasteiger partial charge on any atom is 0.407 e. The molecule has 3 rings (SSSR count). The van der Waals surface area contributed by atoms with Crippen molar-refractivity contribution in [2.45, 2.75) is 63.8 Å². The molecule has 7 nitrogen and oxygen atoms in total. The second-order valence-electron chi connectivity index (χ2n) is 10.4. The summed E-state index contributed by atoms with van der Waals surface area (Å²) in [5.74, 6) is -0.558. The van der Waals surface area contributed by atoms with Crippen molar-refractivity contribution in [3.63, 3.8) is 0 Å². The van der Waals surface area contributed by atoms with Crippen LogP contribution in [0, 0.1) is 0 Å². The van der Waals surface area contributed by atoms with E-state index >= 15 is 0 Å². The number of nitrogen functional groups attached to an aromatic ring is 1. The van der Waals surface area contributed by atoms with Gasteiger partial charge >= 0.3 is 6.09 Å². The van der Waals surface area contributed by atoms with E-state index in [0.29, 0.717) is 12.8 Å². The lowest BCUT2D eigenvalue weighted by molar-refractivity contribution is 0.0463. The van der Waals surface area contributed by atoms with E-state index in [1.165, 1.54) is 12.1 Å². The second kappa shape index (κ2) is 13.7. The molecular weight excluding hydrogens is 537 g/mol. The molecule has 0 heterocycles. The molecular formula is C30H35Cl2N3O4. The molecule has 0 aromatic heterocycles. The molecule has 0 unspecified atom stereocenters. The Balaban J connectivity index is 1.86. The van der Waals surface area contributed by atoms with Crippen molar-refractivity contribution in [1.82, 2.24) is 10.6 Å². The molecule has 208 valence electrons. The summed E-state index contributed by atoms with van der Waals surface area (Å²) in [6.07, 6.45) is -0.704. The van der Waals surface area contributed by atoms with Crippen molar-refractivity contribution in [2.24, 2.45) is 0 Å². The Morgan fingerprint density at radius 3 is 2.03 bits per heavy atom. The van der Waals surface area contributed by atoms with Gasteiger partial charge in [-0.05, 0) is 63.3 Å². The van der Waals surface area contributed by atoms with Gasteiger partial charge in [0, 0.05) is 6.04 Å². The van der Waals surface area contributed by atoms with Gasteiger partial charge < -0.3 is 26.2 Å². The molecule has 0 aliphatic heterocycles. The molecule has 3 atom stereocenters. The molecule has 0 fully saturated rings. The number of benzene rings is 3. The average Bonchev–Trinajstić information content (AvgIpc) is 2.86. The van der Waals surface area contributed by atoms with Crippen molar-refractivity contribution < 1.29 is 19.4 Å². The Morgan fingerprint density at radius 1 is 0.897 bits per heavy atom. The van der Waals surface area contributed by atoms with Gasteiger partial charge in [0.25, 0.3) is 5.91 Å². The first-order valence-electron chi connectivity index (χ1n) is 12.7. The highest BCUT2D eigenvalue weighted by molar-refractivity contribution is 6.41. The molecule has 5 N–H and O–H groups in total. The summed E-state index contributed by atoms with van der Waals surface area (Å²) in [4.78, 5) is 26.0. The number of halogens is 2. The lowest BCUT2D eigenvalue weighted by atomic mass is 9.93. The fraction of sp³-hybridized carbons (Fsp3) is 0.333. The van der Waals surface area contributed by atoms with Gasteiger partial charge in [0.2, 0.25) is 0 Å². The minimum absolute atomic E-state index is 0.0383. The lowest BCUT2D eigenvalue weighted by Gasteiger charge is -2.29. The Labute approximate surface area is 239 Å². The normalized spacial score (nSPS) is 13.7. The number of rotatable bonds is 10. The van der Waals surface area contributed by atoms with Crippen LogP contribution in [-0.4, -0.2) is 40.9 Å². The fourth-order valence-corrected chi connectivity index (χ4v) is 4.73. The third kappa shape index (κ3) is 9.46. The fourth-order valence-electron chi connectivity index (χ4n) is 4.19. The SMILES string of the molecule is CC(C)(C)OC(=O)N[C@@H](Cc1ccccc1)C[C@H](O)[C@H](Cc1ccccc1)NC(=O)c1c(Cl)ccc(N)c1Cl. The van der Waals surface area contributed by atoms with Crippen LogP contribution in [0.2, 0.25) is 10.0 Å². The van der Waals surface area contributed by atoms with Gasteiger partial charge in [-0.1, -0.05) is 83.9 Å². The number of nitrogens with two attached hydrogens (primary N) is 1. The highest BCUT2D eigenvalue weighted by Gasteiger charge is 2.29. The zero-order valence-corrected chi connectivity index (χ0v) is 23.8. The Bertz CT molecular complexity index is 1250. The van der Waals surface area contributed by atoms with Gasteiger partial charge in [-0.3, -0.25) is 4.79 Å². The van der Waals surface area contributed by atoms with Crippen molar-refractivity contribution in [1.29, 1.82) is 0 Å². The summed E-state index contributed by atoms with van der Waals surface area (Å²) in [7, 11) is 0. The van der Waals surface area contributed by atoms with Crippen LogP contribution >= 0.6 is 23.2 Å². The molecule has 3 aromatic carbocycles. The number of hydrogen-bond acceptors (Lipinski definition) is 5. The zero-order valence-electron chi connectivity index (χ0n) is 22.3. The third-order valence-corrected chi connectivity index (χ3v) is 6.72. The summed E-state index contributed by atoms with van der Waals surface area (Å²) in [5, 5.41) is 17.4. The summed E-state index contributed by atoms with van der Waals surface area (Å²) >= 11 is 12.6. The van der Waals surface area contributed by atoms with Crippen LogP contribution in [0.5, 0.6) is 0 Å². The molecule has 0 aliphatic carbocycles. The van der Waals surface area contributed by atoms with Gasteiger partial charge in [0.15, 0.2) is 0 Å². The predicted molar refractivity (Wildman–Crippen MR) is 156 cm³/mol. The molecule has 0 bridgehead atoms. The van der Waals surface area contributed by atoms with Crippen LogP contribution in [0.3, 0.4) is 0 Å². The van der Waals surface area contributed by atoms with Gasteiger partial charge in [0.1, 0.15) is 5.60 Å². The van der Waals surface area contributed by atoms with Crippen LogP contribution in [-0.2, 0) is 17.6 Å². The zero-order chi connectivity index (χ0) is 28.6. The van der Waals surface area contributed by atoms with E-state index in [1.54, 1.807) is 20.8 Å². The molecule has 3 aromatic rings. The molecule has 0 saturated carbocycles. The van der Waals surface area contributed by atoms with E-state index in [0.717, 1.165) is 11.1 Å². The van der Waals surface area contributed by atoms with Crippen molar-refractivity contribution in [2.75, 3.05) is 5.73 Å². The molecule has 0 saturated heterocycles. The van der Waals surface area contributed by atoms with Gasteiger partial charge in [0.05, 0.1) is 33.4 Å². The summed E-state index contributed by atoms with van der Waals surface area (Å²) < 4.78 is 5.46. The maximum absolute atomic E-state index is 13.3. The number of carbonyl (C=O) groups excluding carboxylic acids is 2. The number of carbonyl (C=O) groups is 2. The van der Waals surface area contributed by atoms with E-state index in [2.05, 4.69) is 10.6 Å². The van der Waals surface area contributed by atoms with Crippen molar-refractivity contribution in [3.05, 3.63) is 99.5 Å². The topological polar surface area (TPSA) is 114 Å². The number of amides is 2. The van der Waals surface area contributed by atoms with Crippen molar-refractivity contribution in [3.8, 4) is 0 Å². The first-order chi connectivity index (χ1) is 18.4. The standard InChI is InChI=1S/C30H35Cl2N3O4/c1-30(2,3)39-29(38)34-21(16-19-10-6-4-7-11-19)18-25(36)24(17-20-12-8-5-9-13-20)35-28(37)26-22(31)14-15-23(33)27(26)32/h4-15,21,24-25,36H,16-18,33H2,1-3H3,(H,34,38)(H,35,37)/t21-,24-,25-/m0/s1. The van der Waals surface area contributed by atoms with Gasteiger partial charge in [-0.15, -0.1) is 0 Å². The van der Waals surface area contributed by atoms with E-state index in [1.807, 2.05) is 60.7 Å². The molecule has 39 heavy (non-hydrogen) atoms. The van der Waals surface area contributed by atoms with Crippen LogP contribution in [0.1, 0.15) is 48.7 Å². The number of aliphatic hydroxyl groups excluding tert-OH is 1. The summed E-state index contributed by atoms with van der Waals surface area (Å²) in [6, 6.07) is 20.9. The van der Waals surface area contributed by atoms with Gasteiger partial charge in [-0.2, -0.15) is 0 Å². The van der Waals surface area contributed by atoms with Crippen LogP contribution < -0.4 is 16.4 Å². The first kappa shape index (κ1) is 30.3. The number of anilines is 1. The third-order valence-electron chi connectivity index (χ3n) is 6.00. The van der Waals surface area contributed by atoms with E-state index < -0.39 is 35.8 Å². The lowest BCUT2D eigenvalue weighted by Crippen LogP contribution is -2.49. The number of ether oxygens (including phenoxy) is 1. The largest absolute Gasteiger partial charge is 0.444 e. The molecule has 0 radical (unpaired) electrons. The number of alkyl carbamates (subject to hydrolysis) is 1. The highest BCUT2D eigenvalue weighted by Crippen LogP contribution is 2.30. The Kier molecular flexibility index (Phi) is 10.6. The number of nitrogens with one attached hydrogen (secondary N) is 2. The van der Waals surface area contributed by atoms with Crippen LogP contribution in [0.4, 0.5) is 10.5 Å². The Morgan fingerprint density at radius 2 is 1.46 bits per heavy atom. The first-order valence-corrected chi connectivity index (χ1v) is 13.5. The molecule has 0 spiro atoms. The Hall–Kier alpha value is -3.26. The number of aliphatic hydroxyl groups is 1. The van der Waals surface area contributed by atoms with E-state index in [9.17, 15) is 14.7 Å². The van der Waals surface area contributed by atoms with Gasteiger partial charge in [-0.25, -0.2) is 4.79 Å². The molecule has 2 amide bonds. The number of hydrogen-bond donors (Lipinski definition) is 4. The molecule has 9 heteroatoms. The van der Waals surface area contributed by atoms with Crippen LogP contribution in [0.25, 0.3) is 0 Å². The van der Waals surface area contributed by atoms with Crippen molar-refractivity contribution >= 4 is 40.9 Å².